The molecular weight excluding hydrogens is 215 g/mol. The molecule has 0 aliphatic heterocycles. The van der Waals surface area contributed by atoms with Gasteiger partial charge in [0.25, 0.3) is 0 Å². The summed E-state index contributed by atoms with van der Waals surface area (Å²) in [6, 6.07) is 8.45. The summed E-state index contributed by atoms with van der Waals surface area (Å²) < 4.78 is 17.3. The van der Waals surface area contributed by atoms with Gasteiger partial charge in [0, 0.05) is 5.30 Å². The van der Waals surface area contributed by atoms with E-state index in [-0.39, 0.29) is 6.61 Å². The molecule has 5 heteroatoms. The zero-order valence-electron chi connectivity index (χ0n) is 8.42. The van der Waals surface area contributed by atoms with Crippen LogP contribution >= 0.6 is 7.37 Å². The van der Waals surface area contributed by atoms with Crippen molar-refractivity contribution in [2.24, 2.45) is 0 Å². The largest absolute Gasteiger partial charge is 0.481 e. The van der Waals surface area contributed by atoms with Crippen LogP contribution in [0.4, 0.5) is 0 Å². The van der Waals surface area contributed by atoms with E-state index in [1.165, 1.54) is 0 Å². The van der Waals surface area contributed by atoms with E-state index in [1.807, 2.05) is 0 Å². The van der Waals surface area contributed by atoms with Crippen molar-refractivity contribution in [3.8, 4) is 0 Å². The van der Waals surface area contributed by atoms with Crippen molar-refractivity contribution in [3.05, 3.63) is 30.3 Å². The number of carboxylic acids is 1. The maximum absolute atomic E-state index is 12.2. The molecule has 0 fully saturated rings. The molecule has 1 atom stereocenters. The van der Waals surface area contributed by atoms with Gasteiger partial charge in [-0.15, -0.1) is 0 Å². The summed E-state index contributed by atoms with van der Waals surface area (Å²) in [4.78, 5) is 10.6. The molecule has 15 heavy (non-hydrogen) atoms. The summed E-state index contributed by atoms with van der Waals surface area (Å²) in [7, 11) is -3.23. The molecule has 4 nitrogen and oxygen atoms in total. The number of carbonyl (C=O) groups is 1. The number of carboxylic acid groups (broad SMARTS) is 1. The van der Waals surface area contributed by atoms with E-state index in [1.54, 1.807) is 37.3 Å². The van der Waals surface area contributed by atoms with Gasteiger partial charge in [0.05, 0.1) is 6.61 Å². The minimum atomic E-state index is -3.23. The lowest BCUT2D eigenvalue weighted by Gasteiger charge is -2.15. The van der Waals surface area contributed by atoms with Gasteiger partial charge in [-0.3, -0.25) is 9.36 Å². The Morgan fingerprint density at radius 2 is 2.00 bits per heavy atom. The maximum atomic E-state index is 12.2. The van der Waals surface area contributed by atoms with Crippen LogP contribution in [0.1, 0.15) is 6.92 Å². The molecule has 0 amide bonds. The van der Waals surface area contributed by atoms with Gasteiger partial charge >= 0.3 is 5.97 Å². The average molecular weight is 228 g/mol. The molecule has 1 rings (SSSR count). The molecular formula is C10H13O4P. The van der Waals surface area contributed by atoms with Crippen LogP contribution in [0.2, 0.25) is 0 Å². The van der Waals surface area contributed by atoms with Gasteiger partial charge in [0.15, 0.2) is 0 Å². The molecule has 0 aliphatic rings. The van der Waals surface area contributed by atoms with E-state index >= 15 is 0 Å². The molecule has 0 bridgehead atoms. The Hall–Kier alpha value is -1.12. The van der Waals surface area contributed by atoms with Crippen molar-refractivity contribution in [3.63, 3.8) is 0 Å². The Morgan fingerprint density at radius 3 is 2.47 bits per heavy atom. The van der Waals surface area contributed by atoms with Gasteiger partial charge in [-0.1, -0.05) is 18.2 Å². The van der Waals surface area contributed by atoms with E-state index in [4.69, 9.17) is 9.63 Å². The SMILES string of the molecule is CCO[P@](=O)(CC(=O)O)c1ccccc1. The van der Waals surface area contributed by atoms with Crippen molar-refractivity contribution in [2.45, 2.75) is 6.92 Å². The summed E-state index contributed by atoms with van der Waals surface area (Å²) in [5.41, 5.74) is 0. The normalized spacial score (nSPS) is 14.5. The quantitative estimate of drug-likeness (QED) is 0.779. The standard InChI is InChI=1S/C10H13O4P/c1-2-14-15(13,8-10(11)12)9-6-4-3-5-7-9/h3-7H,2,8H2,1H3,(H,11,12)/t15-/m1/s1. The lowest BCUT2D eigenvalue weighted by atomic mass is 10.4. The fraction of sp³-hybridized carbons (Fsp3) is 0.300. The minimum Gasteiger partial charge on any atom is -0.481 e. The predicted molar refractivity (Wildman–Crippen MR) is 57.8 cm³/mol. The van der Waals surface area contributed by atoms with Crippen LogP contribution in [0.5, 0.6) is 0 Å². The van der Waals surface area contributed by atoms with Crippen LogP contribution in [0, 0.1) is 0 Å². The van der Waals surface area contributed by atoms with E-state index in [9.17, 15) is 9.36 Å². The van der Waals surface area contributed by atoms with Crippen molar-refractivity contribution < 1.29 is 19.0 Å². The zero-order chi connectivity index (χ0) is 11.3. The molecule has 0 unspecified atom stereocenters. The molecule has 0 saturated carbocycles. The minimum absolute atomic E-state index is 0.236. The average Bonchev–Trinajstić information content (AvgIpc) is 2.18. The fourth-order valence-electron chi connectivity index (χ4n) is 1.25. The molecule has 82 valence electrons. The Bertz CT molecular complexity index is 374. The fourth-order valence-corrected chi connectivity index (χ4v) is 3.08. The Kier molecular flexibility index (Phi) is 4.06. The molecule has 1 N–H and O–H groups in total. The summed E-state index contributed by atoms with van der Waals surface area (Å²) in [6.45, 7) is 1.93. The number of benzene rings is 1. The lowest BCUT2D eigenvalue weighted by molar-refractivity contribution is -0.134. The first-order valence-electron chi connectivity index (χ1n) is 4.59. The van der Waals surface area contributed by atoms with Crippen LogP contribution in [-0.2, 0) is 13.9 Å². The summed E-state index contributed by atoms with van der Waals surface area (Å²) in [5.74, 6) is -1.12. The third-order valence-electron chi connectivity index (χ3n) is 1.83. The molecule has 0 heterocycles. The topological polar surface area (TPSA) is 63.6 Å². The first-order valence-corrected chi connectivity index (χ1v) is 6.40. The van der Waals surface area contributed by atoms with Gasteiger partial charge in [-0.2, -0.15) is 0 Å². The maximum Gasteiger partial charge on any atom is 0.313 e. The molecule has 0 aliphatic carbocycles. The van der Waals surface area contributed by atoms with Gasteiger partial charge in [-0.25, -0.2) is 0 Å². The van der Waals surface area contributed by atoms with Gasteiger partial charge in [-0.05, 0) is 19.1 Å². The van der Waals surface area contributed by atoms with Crippen LogP contribution in [0.25, 0.3) is 0 Å². The van der Waals surface area contributed by atoms with Crippen LogP contribution in [0.15, 0.2) is 30.3 Å². The third kappa shape index (κ3) is 3.18. The molecule has 0 aromatic heterocycles. The monoisotopic (exact) mass is 228 g/mol. The van der Waals surface area contributed by atoms with Crippen molar-refractivity contribution in [1.29, 1.82) is 0 Å². The van der Waals surface area contributed by atoms with Crippen LogP contribution < -0.4 is 5.30 Å². The Morgan fingerprint density at radius 1 is 1.40 bits per heavy atom. The van der Waals surface area contributed by atoms with Gasteiger partial charge in [0.1, 0.15) is 6.16 Å². The van der Waals surface area contributed by atoms with Gasteiger partial charge < -0.3 is 9.63 Å². The highest BCUT2D eigenvalue weighted by Crippen LogP contribution is 2.45. The van der Waals surface area contributed by atoms with Crippen molar-refractivity contribution in [1.82, 2.24) is 0 Å². The predicted octanol–water partition coefficient (Wildman–Crippen LogP) is 1.71. The molecule has 0 saturated heterocycles. The molecule has 0 spiro atoms. The summed E-state index contributed by atoms with van der Waals surface area (Å²) >= 11 is 0. The van der Waals surface area contributed by atoms with Gasteiger partial charge in [0.2, 0.25) is 7.37 Å². The van der Waals surface area contributed by atoms with Crippen molar-refractivity contribution in [2.75, 3.05) is 12.8 Å². The van der Waals surface area contributed by atoms with E-state index in [2.05, 4.69) is 0 Å². The molecule has 1 aromatic carbocycles. The summed E-state index contributed by atoms with van der Waals surface area (Å²) in [5, 5.41) is 9.14. The second-order valence-corrected chi connectivity index (χ2v) is 5.42. The highest BCUT2D eigenvalue weighted by molar-refractivity contribution is 7.67. The van der Waals surface area contributed by atoms with E-state index in [0.29, 0.717) is 5.30 Å². The number of aliphatic carboxylic acids is 1. The first kappa shape index (κ1) is 12.0. The number of hydrogen-bond donors (Lipinski definition) is 1. The Balaban J connectivity index is 3.01. The third-order valence-corrected chi connectivity index (χ3v) is 4.28. The first-order chi connectivity index (χ1) is 7.08. The lowest BCUT2D eigenvalue weighted by Crippen LogP contribution is -2.15. The Labute approximate surface area is 88.3 Å². The smallest absolute Gasteiger partial charge is 0.313 e. The van der Waals surface area contributed by atoms with Crippen molar-refractivity contribution >= 4 is 18.6 Å². The zero-order valence-corrected chi connectivity index (χ0v) is 9.31. The molecule has 1 aromatic rings. The number of hydrogen-bond acceptors (Lipinski definition) is 3. The van der Waals surface area contributed by atoms with Crippen LogP contribution in [0.3, 0.4) is 0 Å². The van der Waals surface area contributed by atoms with E-state index in [0.717, 1.165) is 0 Å². The van der Waals surface area contributed by atoms with Crippen LogP contribution in [-0.4, -0.2) is 23.8 Å². The van der Waals surface area contributed by atoms with E-state index < -0.39 is 19.5 Å². The highest BCUT2D eigenvalue weighted by atomic mass is 31.2. The number of rotatable bonds is 5. The second kappa shape index (κ2) is 5.10. The summed E-state index contributed by atoms with van der Waals surface area (Å²) in [6.07, 6.45) is -0.467. The molecule has 0 radical (unpaired) electrons. The highest BCUT2D eigenvalue weighted by Gasteiger charge is 2.28. The second-order valence-electron chi connectivity index (χ2n) is 2.98.